The molecule has 1 unspecified atom stereocenters. The van der Waals surface area contributed by atoms with Crippen molar-refractivity contribution in [3.8, 4) is 11.5 Å². The Morgan fingerprint density at radius 2 is 1.90 bits per heavy atom. The Bertz CT molecular complexity index is 1110. The molecule has 3 aromatic rings. The lowest BCUT2D eigenvalue weighted by Crippen LogP contribution is -2.30. The first-order valence-electron chi connectivity index (χ1n) is 10.1. The molecule has 0 fully saturated rings. The van der Waals surface area contributed by atoms with Gasteiger partial charge in [0, 0.05) is 0 Å². The summed E-state index contributed by atoms with van der Waals surface area (Å²) in [4.78, 5) is 17.5. The number of ether oxygens (including phenoxy) is 3. The Morgan fingerprint density at radius 3 is 2.61 bits per heavy atom. The highest BCUT2D eigenvalue weighted by molar-refractivity contribution is 6.02. The third kappa shape index (κ3) is 3.84. The van der Waals surface area contributed by atoms with Crippen LogP contribution in [0.25, 0.3) is 5.70 Å². The van der Waals surface area contributed by atoms with Gasteiger partial charge in [0.05, 0.1) is 31.6 Å². The molecule has 1 N–H and O–H groups in total. The quantitative estimate of drug-likeness (QED) is 0.584. The Hall–Kier alpha value is -3.81. The van der Waals surface area contributed by atoms with Crippen molar-refractivity contribution in [2.24, 2.45) is 0 Å². The van der Waals surface area contributed by atoms with Gasteiger partial charge in [0.15, 0.2) is 11.5 Å². The van der Waals surface area contributed by atoms with Crippen molar-refractivity contribution in [1.82, 2.24) is 14.8 Å². The van der Waals surface area contributed by atoms with Crippen LogP contribution >= 0.6 is 0 Å². The summed E-state index contributed by atoms with van der Waals surface area (Å²) < 4.78 is 18.3. The zero-order valence-electron chi connectivity index (χ0n) is 17.7. The van der Waals surface area contributed by atoms with Crippen LogP contribution in [0.3, 0.4) is 0 Å². The minimum Gasteiger partial charge on any atom is -0.493 e. The van der Waals surface area contributed by atoms with E-state index < -0.39 is 12.0 Å². The van der Waals surface area contributed by atoms with Gasteiger partial charge >= 0.3 is 5.97 Å². The lowest BCUT2D eigenvalue weighted by Gasteiger charge is -2.30. The largest absolute Gasteiger partial charge is 0.493 e. The highest BCUT2D eigenvalue weighted by atomic mass is 16.5. The molecule has 1 aromatic heterocycles. The number of fused-ring (bicyclic) bond motifs is 1. The standard InChI is InChI=1S/C23H24N4O4/c1-4-30-18-13-16(11-12-17(18)29-3)21-19(22(28)31-5-2)20(15-9-7-6-8-10-15)26-23-24-14-25-27(21)23/h6-14,21H,4-5H2,1-3H3,(H,24,25,26). The summed E-state index contributed by atoms with van der Waals surface area (Å²) in [6, 6.07) is 14.7. The van der Waals surface area contributed by atoms with Crippen molar-refractivity contribution in [2.75, 3.05) is 25.6 Å². The van der Waals surface area contributed by atoms with Gasteiger partial charge < -0.3 is 19.5 Å². The van der Waals surface area contributed by atoms with E-state index in [0.29, 0.717) is 35.3 Å². The van der Waals surface area contributed by atoms with E-state index in [-0.39, 0.29) is 6.61 Å². The van der Waals surface area contributed by atoms with Crippen LogP contribution in [0, 0.1) is 0 Å². The molecule has 2 aromatic carbocycles. The summed E-state index contributed by atoms with van der Waals surface area (Å²) in [7, 11) is 1.59. The second kappa shape index (κ2) is 8.91. The van der Waals surface area contributed by atoms with Crippen molar-refractivity contribution in [3.05, 3.63) is 71.6 Å². The van der Waals surface area contributed by atoms with E-state index in [1.54, 1.807) is 18.7 Å². The maximum absolute atomic E-state index is 13.2. The lowest BCUT2D eigenvalue weighted by atomic mass is 9.92. The SMILES string of the molecule is CCOC(=O)C1=C(c2ccccc2)Nc2ncnn2C1c1ccc(OC)c(OCC)c1. The van der Waals surface area contributed by atoms with Crippen molar-refractivity contribution in [2.45, 2.75) is 19.9 Å². The molecule has 0 saturated heterocycles. The van der Waals surface area contributed by atoms with Crippen molar-refractivity contribution in [3.63, 3.8) is 0 Å². The van der Waals surface area contributed by atoms with Gasteiger partial charge in [0.1, 0.15) is 12.4 Å². The van der Waals surface area contributed by atoms with Gasteiger partial charge in [-0.25, -0.2) is 9.48 Å². The molecule has 0 radical (unpaired) electrons. The van der Waals surface area contributed by atoms with Crippen LogP contribution < -0.4 is 14.8 Å². The Balaban J connectivity index is 1.94. The second-order valence-corrected chi connectivity index (χ2v) is 6.77. The fourth-order valence-corrected chi connectivity index (χ4v) is 3.66. The molecule has 0 bridgehead atoms. The number of methoxy groups -OCH3 is 1. The monoisotopic (exact) mass is 420 g/mol. The molecule has 1 atom stereocenters. The lowest BCUT2D eigenvalue weighted by molar-refractivity contribution is -0.138. The summed E-state index contributed by atoms with van der Waals surface area (Å²) in [5.41, 5.74) is 2.73. The van der Waals surface area contributed by atoms with Gasteiger partial charge in [-0.1, -0.05) is 36.4 Å². The number of nitrogens with one attached hydrogen (secondary N) is 1. The third-order valence-electron chi connectivity index (χ3n) is 4.96. The smallest absolute Gasteiger partial charge is 0.338 e. The van der Waals surface area contributed by atoms with Crippen LogP contribution in [-0.4, -0.2) is 41.1 Å². The number of hydrogen-bond donors (Lipinski definition) is 1. The molecule has 8 nitrogen and oxygen atoms in total. The summed E-state index contributed by atoms with van der Waals surface area (Å²) >= 11 is 0. The number of benzene rings is 2. The van der Waals surface area contributed by atoms with Crippen LogP contribution in [0.2, 0.25) is 0 Å². The number of esters is 1. The molecule has 1 aliphatic heterocycles. The molecule has 4 rings (SSSR count). The van der Waals surface area contributed by atoms with E-state index in [9.17, 15) is 4.79 Å². The molecular formula is C23H24N4O4. The number of rotatable bonds is 7. The zero-order valence-corrected chi connectivity index (χ0v) is 17.7. The first-order chi connectivity index (χ1) is 15.2. The van der Waals surface area contributed by atoms with E-state index >= 15 is 0 Å². The molecule has 2 heterocycles. The number of carbonyl (C=O) groups is 1. The molecular weight excluding hydrogens is 396 g/mol. The van der Waals surface area contributed by atoms with Crippen LogP contribution in [0.1, 0.15) is 31.0 Å². The topological polar surface area (TPSA) is 87.5 Å². The molecule has 160 valence electrons. The van der Waals surface area contributed by atoms with Crippen LogP contribution in [0.15, 0.2) is 60.4 Å². The van der Waals surface area contributed by atoms with E-state index in [0.717, 1.165) is 11.1 Å². The van der Waals surface area contributed by atoms with E-state index in [2.05, 4.69) is 15.4 Å². The molecule has 0 spiro atoms. The second-order valence-electron chi connectivity index (χ2n) is 6.77. The number of anilines is 1. The van der Waals surface area contributed by atoms with Gasteiger partial charge in [0.2, 0.25) is 5.95 Å². The first kappa shape index (κ1) is 20.5. The van der Waals surface area contributed by atoms with Crippen molar-refractivity contribution in [1.29, 1.82) is 0 Å². The Labute approximate surface area is 180 Å². The van der Waals surface area contributed by atoms with Crippen molar-refractivity contribution >= 4 is 17.6 Å². The summed E-state index contributed by atoms with van der Waals surface area (Å²) in [5.74, 6) is 1.31. The van der Waals surface area contributed by atoms with E-state index in [1.165, 1.54) is 6.33 Å². The van der Waals surface area contributed by atoms with Gasteiger partial charge in [-0.3, -0.25) is 0 Å². The normalized spacial score (nSPS) is 15.1. The molecule has 1 aliphatic rings. The van der Waals surface area contributed by atoms with Crippen LogP contribution in [-0.2, 0) is 9.53 Å². The average Bonchev–Trinajstić information content (AvgIpc) is 3.27. The van der Waals surface area contributed by atoms with Gasteiger partial charge in [-0.15, -0.1) is 0 Å². The van der Waals surface area contributed by atoms with Gasteiger partial charge in [0.25, 0.3) is 0 Å². The minimum atomic E-state index is -0.557. The Kier molecular flexibility index (Phi) is 5.88. The summed E-state index contributed by atoms with van der Waals surface area (Å²) in [6.45, 7) is 4.43. The first-order valence-corrected chi connectivity index (χ1v) is 10.1. The minimum absolute atomic E-state index is 0.258. The van der Waals surface area contributed by atoms with Crippen LogP contribution in [0.4, 0.5) is 5.95 Å². The highest BCUT2D eigenvalue weighted by Crippen LogP contribution is 2.41. The fraction of sp³-hybridized carbons (Fsp3) is 0.261. The zero-order chi connectivity index (χ0) is 21.8. The molecule has 0 amide bonds. The van der Waals surface area contributed by atoms with E-state index in [4.69, 9.17) is 14.2 Å². The molecule has 0 saturated carbocycles. The number of nitrogens with zero attached hydrogens (tertiary/aromatic N) is 3. The molecule has 31 heavy (non-hydrogen) atoms. The average molecular weight is 420 g/mol. The number of carbonyl (C=O) groups excluding carboxylic acids is 1. The van der Waals surface area contributed by atoms with Gasteiger partial charge in [-0.05, 0) is 37.1 Å². The summed E-state index contributed by atoms with van der Waals surface area (Å²) in [5, 5.41) is 7.64. The summed E-state index contributed by atoms with van der Waals surface area (Å²) in [6.07, 6.45) is 1.46. The fourth-order valence-electron chi connectivity index (χ4n) is 3.66. The van der Waals surface area contributed by atoms with Gasteiger partial charge in [-0.2, -0.15) is 10.1 Å². The number of aromatic nitrogens is 3. The number of hydrogen-bond acceptors (Lipinski definition) is 7. The Morgan fingerprint density at radius 1 is 1.10 bits per heavy atom. The van der Waals surface area contributed by atoms with Crippen molar-refractivity contribution < 1.29 is 19.0 Å². The van der Waals surface area contributed by atoms with Crippen LogP contribution in [0.5, 0.6) is 11.5 Å². The predicted octanol–water partition coefficient (Wildman–Crippen LogP) is 3.67. The molecule has 8 heteroatoms. The maximum Gasteiger partial charge on any atom is 0.338 e. The van der Waals surface area contributed by atoms with E-state index in [1.807, 2.05) is 55.5 Å². The maximum atomic E-state index is 13.2. The predicted molar refractivity (Wildman–Crippen MR) is 116 cm³/mol. The highest BCUT2D eigenvalue weighted by Gasteiger charge is 2.36. The molecule has 0 aliphatic carbocycles. The third-order valence-corrected chi connectivity index (χ3v) is 4.96.